The average molecular weight is 255 g/mol. The Bertz CT molecular complexity index is 638. The molecule has 0 aliphatic heterocycles. The second-order valence-corrected chi connectivity index (χ2v) is 4.43. The van der Waals surface area contributed by atoms with Gasteiger partial charge >= 0.3 is 6.18 Å². The number of Topliss-reactive ketones (excluding diaryl/α,β-unsaturated/α-hetero) is 1. The van der Waals surface area contributed by atoms with Gasteiger partial charge in [0.1, 0.15) is 5.69 Å². The van der Waals surface area contributed by atoms with Crippen LogP contribution in [0.4, 0.5) is 13.2 Å². The molecule has 0 spiro atoms. The highest BCUT2D eigenvalue weighted by Crippen LogP contribution is 2.36. The molecule has 0 amide bonds. The summed E-state index contributed by atoms with van der Waals surface area (Å²) in [5.74, 6) is -0.585. The SMILES string of the molecule is CC(=O)c1c(C(F)(F)F)[nH]c2c(C)cc(C)cc12. The summed E-state index contributed by atoms with van der Waals surface area (Å²) in [7, 11) is 0. The van der Waals surface area contributed by atoms with Gasteiger partial charge in [0, 0.05) is 10.9 Å². The number of aromatic amines is 1. The van der Waals surface area contributed by atoms with Crippen molar-refractivity contribution in [2.75, 3.05) is 0 Å². The van der Waals surface area contributed by atoms with E-state index in [9.17, 15) is 18.0 Å². The van der Waals surface area contributed by atoms with Gasteiger partial charge in [-0.2, -0.15) is 13.2 Å². The molecule has 0 saturated carbocycles. The molecule has 0 atom stereocenters. The molecule has 2 nitrogen and oxygen atoms in total. The highest BCUT2D eigenvalue weighted by atomic mass is 19.4. The quantitative estimate of drug-likeness (QED) is 0.767. The van der Waals surface area contributed by atoms with Crippen LogP contribution in [0.2, 0.25) is 0 Å². The van der Waals surface area contributed by atoms with Crippen LogP contribution in [0.25, 0.3) is 10.9 Å². The first kappa shape index (κ1) is 12.7. The van der Waals surface area contributed by atoms with Crippen LogP contribution in [-0.4, -0.2) is 10.8 Å². The van der Waals surface area contributed by atoms with Gasteiger partial charge in [-0.1, -0.05) is 11.6 Å². The largest absolute Gasteiger partial charge is 0.431 e. The van der Waals surface area contributed by atoms with Crippen LogP contribution in [0.1, 0.15) is 34.1 Å². The van der Waals surface area contributed by atoms with Gasteiger partial charge in [0.2, 0.25) is 0 Å². The van der Waals surface area contributed by atoms with Crippen molar-refractivity contribution in [3.63, 3.8) is 0 Å². The fraction of sp³-hybridized carbons (Fsp3) is 0.308. The number of carbonyl (C=O) groups excluding carboxylic acids is 1. The number of hydrogen-bond donors (Lipinski definition) is 1. The Morgan fingerprint density at radius 1 is 1.22 bits per heavy atom. The van der Waals surface area contributed by atoms with Crippen LogP contribution in [0.3, 0.4) is 0 Å². The molecule has 1 heterocycles. The van der Waals surface area contributed by atoms with Crippen LogP contribution in [0, 0.1) is 13.8 Å². The van der Waals surface area contributed by atoms with Crippen LogP contribution in [-0.2, 0) is 6.18 Å². The van der Waals surface area contributed by atoms with Crippen molar-refractivity contribution in [2.45, 2.75) is 26.9 Å². The van der Waals surface area contributed by atoms with Crippen LogP contribution >= 0.6 is 0 Å². The minimum Gasteiger partial charge on any atom is -0.350 e. The molecule has 1 aromatic heterocycles. The van der Waals surface area contributed by atoms with Gasteiger partial charge in [-0.15, -0.1) is 0 Å². The molecule has 18 heavy (non-hydrogen) atoms. The normalized spacial score (nSPS) is 12.1. The highest BCUT2D eigenvalue weighted by molar-refractivity contribution is 6.09. The Labute approximate surface area is 102 Å². The summed E-state index contributed by atoms with van der Waals surface area (Å²) >= 11 is 0. The standard InChI is InChI=1S/C13H12F3NO/c1-6-4-7(2)11-9(5-6)10(8(3)18)12(17-11)13(14,15)16/h4-5,17H,1-3H3. The lowest BCUT2D eigenvalue weighted by Gasteiger charge is -2.05. The van der Waals surface area contributed by atoms with E-state index in [2.05, 4.69) is 4.98 Å². The number of H-pyrrole nitrogens is 1. The maximum atomic E-state index is 12.9. The molecule has 2 rings (SSSR count). The van der Waals surface area contributed by atoms with Gasteiger partial charge in [0.05, 0.1) is 5.56 Å². The lowest BCUT2D eigenvalue weighted by atomic mass is 10.0. The molecule has 96 valence electrons. The van der Waals surface area contributed by atoms with E-state index in [1.54, 1.807) is 26.0 Å². The van der Waals surface area contributed by atoms with Gasteiger partial charge in [0.25, 0.3) is 0 Å². The Morgan fingerprint density at radius 2 is 1.83 bits per heavy atom. The minimum atomic E-state index is -4.56. The summed E-state index contributed by atoms with van der Waals surface area (Å²) in [5.41, 5.74) is 0.666. The van der Waals surface area contributed by atoms with Crippen LogP contribution in [0.15, 0.2) is 12.1 Å². The molecule has 2 aromatic rings. The smallest absolute Gasteiger partial charge is 0.350 e. The zero-order valence-corrected chi connectivity index (χ0v) is 10.2. The first-order valence-electron chi connectivity index (χ1n) is 5.43. The predicted octanol–water partition coefficient (Wildman–Crippen LogP) is 4.01. The second-order valence-electron chi connectivity index (χ2n) is 4.43. The topological polar surface area (TPSA) is 32.9 Å². The maximum Gasteiger partial charge on any atom is 0.431 e. The molecule has 5 heteroatoms. The summed E-state index contributed by atoms with van der Waals surface area (Å²) in [6.45, 7) is 4.65. The monoisotopic (exact) mass is 255 g/mol. The Balaban J connectivity index is 2.93. The third-order valence-electron chi connectivity index (χ3n) is 2.88. The lowest BCUT2D eigenvalue weighted by Crippen LogP contribution is -2.10. The van der Waals surface area contributed by atoms with Crippen LogP contribution < -0.4 is 0 Å². The molecule has 0 aliphatic rings. The number of carbonyl (C=O) groups is 1. The van der Waals surface area contributed by atoms with E-state index in [1.165, 1.54) is 0 Å². The molecule has 1 N–H and O–H groups in total. The summed E-state index contributed by atoms with van der Waals surface area (Å²) in [6.07, 6.45) is -4.56. The highest BCUT2D eigenvalue weighted by Gasteiger charge is 2.37. The molecule has 0 unspecified atom stereocenters. The summed E-state index contributed by atoms with van der Waals surface area (Å²) in [6, 6.07) is 3.38. The van der Waals surface area contributed by atoms with Crippen molar-refractivity contribution in [1.82, 2.24) is 4.98 Å². The first-order valence-corrected chi connectivity index (χ1v) is 5.43. The van der Waals surface area contributed by atoms with Gasteiger partial charge in [-0.05, 0) is 32.4 Å². The maximum absolute atomic E-state index is 12.9. The fourth-order valence-corrected chi connectivity index (χ4v) is 2.23. The van der Waals surface area contributed by atoms with Crippen molar-refractivity contribution >= 4 is 16.7 Å². The number of halogens is 3. The molecule has 0 aliphatic carbocycles. The van der Waals surface area contributed by atoms with Crippen LogP contribution in [0.5, 0.6) is 0 Å². The van der Waals surface area contributed by atoms with E-state index in [1.807, 2.05) is 0 Å². The third kappa shape index (κ3) is 1.89. The Morgan fingerprint density at radius 3 is 2.33 bits per heavy atom. The number of fused-ring (bicyclic) bond motifs is 1. The summed E-state index contributed by atoms with van der Waals surface area (Å²) in [4.78, 5) is 13.8. The molecule has 0 fully saturated rings. The number of alkyl halides is 3. The minimum absolute atomic E-state index is 0.274. The molecular formula is C13H12F3NO. The zero-order valence-electron chi connectivity index (χ0n) is 10.2. The molecular weight excluding hydrogens is 243 g/mol. The number of rotatable bonds is 1. The summed E-state index contributed by atoms with van der Waals surface area (Å²) < 4.78 is 38.7. The van der Waals surface area contributed by atoms with E-state index >= 15 is 0 Å². The average Bonchev–Trinajstić information content (AvgIpc) is 2.55. The number of aryl methyl sites for hydroxylation is 2. The second kappa shape index (κ2) is 3.86. The number of benzene rings is 1. The van der Waals surface area contributed by atoms with E-state index in [0.29, 0.717) is 16.5 Å². The summed E-state index contributed by atoms with van der Waals surface area (Å²) in [5, 5.41) is 0.340. The third-order valence-corrected chi connectivity index (χ3v) is 2.88. The van der Waals surface area contributed by atoms with Crippen molar-refractivity contribution < 1.29 is 18.0 Å². The van der Waals surface area contributed by atoms with Gasteiger partial charge in [-0.25, -0.2) is 0 Å². The number of hydrogen-bond acceptors (Lipinski definition) is 1. The number of aromatic nitrogens is 1. The fourth-order valence-electron chi connectivity index (χ4n) is 2.23. The molecule has 0 saturated heterocycles. The van der Waals surface area contributed by atoms with Crippen molar-refractivity contribution in [3.05, 3.63) is 34.5 Å². The zero-order chi connectivity index (χ0) is 13.7. The first-order chi connectivity index (χ1) is 8.21. The predicted molar refractivity (Wildman–Crippen MR) is 62.8 cm³/mol. The van der Waals surface area contributed by atoms with Crippen molar-refractivity contribution in [2.24, 2.45) is 0 Å². The number of ketones is 1. The Kier molecular flexibility index (Phi) is 2.72. The lowest BCUT2D eigenvalue weighted by molar-refractivity contribution is -0.140. The van der Waals surface area contributed by atoms with E-state index < -0.39 is 17.7 Å². The van der Waals surface area contributed by atoms with Gasteiger partial charge < -0.3 is 4.98 Å². The van der Waals surface area contributed by atoms with Crippen molar-refractivity contribution in [1.29, 1.82) is 0 Å². The van der Waals surface area contributed by atoms with E-state index in [4.69, 9.17) is 0 Å². The molecule has 0 bridgehead atoms. The van der Waals surface area contributed by atoms with Gasteiger partial charge in [0.15, 0.2) is 5.78 Å². The Hall–Kier alpha value is -1.78. The van der Waals surface area contributed by atoms with E-state index in [0.717, 1.165) is 12.5 Å². The molecule has 0 radical (unpaired) electrons. The van der Waals surface area contributed by atoms with Crippen molar-refractivity contribution in [3.8, 4) is 0 Å². The van der Waals surface area contributed by atoms with E-state index in [-0.39, 0.29) is 5.56 Å². The molecule has 1 aromatic carbocycles. The number of nitrogens with one attached hydrogen (secondary N) is 1. The van der Waals surface area contributed by atoms with Gasteiger partial charge in [-0.3, -0.25) is 4.79 Å².